The zero-order valence-electron chi connectivity index (χ0n) is 18.4. The van der Waals surface area contributed by atoms with E-state index >= 15 is 0 Å². The Morgan fingerprint density at radius 2 is 1.48 bits per heavy atom. The Labute approximate surface area is 176 Å². The molecule has 0 aromatic heterocycles. The lowest BCUT2D eigenvalue weighted by atomic mass is 9.78. The van der Waals surface area contributed by atoms with Crippen molar-refractivity contribution in [1.29, 1.82) is 0 Å². The number of phenolic OH excluding ortho intramolecular Hbond substituents is 1. The van der Waals surface area contributed by atoms with Crippen LogP contribution in [0.3, 0.4) is 0 Å². The first-order chi connectivity index (χ1) is 14.0. The van der Waals surface area contributed by atoms with Crippen molar-refractivity contribution in [2.24, 2.45) is 0 Å². The summed E-state index contributed by atoms with van der Waals surface area (Å²) in [5, 5.41) is 10.5. The van der Waals surface area contributed by atoms with Gasteiger partial charge in [0.2, 0.25) is 0 Å². The van der Waals surface area contributed by atoms with E-state index in [1.165, 1.54) is 11.1 Å². The molecule has 2 aromatic rings. The molecule has 1 aliphatic rings. The van der Waals surface area contributed by atoms with Gasteiger partial charge in [-0.05, 0) is 61.1 Å². The molecule has 1 aliphatic heterocycles. The van der Waals surface area contributed by atoms with Crippen LogP contribution in [0.15, 0.2) is 42.5 Å². The van der Waals surface area contributed by atoms with Crippen molar-refractivity contribution in [1.82, 2.24) is 9.80 Å². The fourth-order valence-electron chi connectivity index (χ4n) is 4.57. The van der Waals surface area contributed by atoms with Crippen LogP contribution in [0.4, 0.5) is 0 Å². The monoisotopic (exact) mass is 396 g/mol. The summed E-state index contributed by atoms with van der Waals surface area (Å²) in [5.41, 5.74) is 3.74. The molecule has 1 N–H and O–H groups in total. The number of nitrogens with zero attached hydrogens (tertiary/aromatic N) is 2. The Bertz CT molecular complexity index is 767. The molecule has 2 atom stereocenters. The van der Waals surface area contributed by atoms with Crippen molar-refractivity contribution in [2.75, 3.05) is 40.3 Å². The molecule has 3 rings (SSSR count). The zero-order valence-corrected chi connectivity index (χ0v) is 18.4. The second kappa shape index (κ2) is 10.1. The molecule has 2 aromatic carbocycles. The van der Waals surface area contributed by atoms with Crippen LogP contribution in [0.1, 0.15) is 55.2 Å². The van der Waals surface area contributed by atoms with E-state index < -0.39 is 0 Å². The minimum absolute atomic E-state index is 0.417. The lowest BCUT2D eigenvalue weighted by Gasteiger charge is -2.33. The Balaban J connectivity index is 1.82. The van der Waals surface area contributed by atoms with Crippen molar-refractivity contribution in [3.63, 3.8) is 0 Å². The molecule has 29 heavy (non-hydrogen) atoms. The molecule has 158 valence electrons. The minimum atomic E-state index is 0.417. The van der Waals surface area contributed by atoms with Crippen LogP contribution >= 0.6 is 0 Å². The van der Waals surface area contributed by atoms with Crippen molar-refractivity contribution >= 4 is 0 Å². The molecule has 4 heteroatoms. The number of phenols is 1. The van der Waals surface area contributed by atoms with Crippen molar-refractivity contribution in [3.8, 4) is 11.5 Å². The molecular weight excluding hydrogens is 360 g/mol. The Hall–Kier alpha value is -2.04. The number of ether oxygens (including phenoxy) is 1. The third kappa shape index (κ3) is 5.31. The predicted molar refractivity (Wildman–Crippen MR) is 120 cm³/mol. The topological polar surface area (TPSA) is 35.9 Å². The summed E-state index contributed by atoms with van der Waals surface area (Å²) in [6.45, 7) is 9.65. The van der Waals surface area contributed by atoms with Gasteiger partial charge in [0.1, 0.15) is 11.5 Å². The van der Waals surface area contributed by atoms with Gasteiger partial charge in [0.15, 0.2) is 0 Å². The largest absolute Gasteiger partial charge is 0.508 e. The standard InChI is InChI=1S/C25H36N2O2/c1-5-23(19-7-10-22(29-4)11-8-19)24(6-2)20-9-12-25(28)21(17-20)18-27-15-13-26(3)14-16-27/h7-12,17,23-24,28H,5-6,13-16,18H2,1-4H3. The molecule has 2 unspecified atom stereocenters. The number of benzene rings is 2. The lowest BCUT2D eigenvalue weighted by molar-refractivity contribution is 0.147. The number of piperazine rings is 1. The summed E-state index contributed by atoms with van der Waals surface area (Å²) >= 11 is 0. The van der Waals surface area contributed by atoms with Crippen LogP contribution in [0.2, 0.25) is 0 Å². The normalized spacial score (nSPS) is 17.8. The fraction of sp³-hybridized carbons (Fsp3) is 0.520. The molecule has 0 amide bonds. The Kier molecular flexibility index (Phi) is 7.57. The van der Waals surface area contributed by atoms with Gasteiger partial charge >= 0.3 is 0 Å². The molecule has 4 nitrogen and oxygen atoms in total. The van der Waals surface area contributed by atoms with Crippen LogP contribution in [0.5, 0.6) is 11.5 Å². The molecule has 0 aliphatic carbocycles. The van der Waals surface area contributed by atoms with Gasteiger partial charge in [0.05, 0.1) is 7.11 Å². The molecule has 0 spiro atoms. The number of hydrogen-bond donors (Lipinski definition) is 1. The van der Waals surface area contributed by atoms with Gasteiger partial charge in [0.25, 0.3) is 0 Å². The minimum Gasteiger partial charge on any atom is -0.508 e. The summed E-state index contributed by atoms with van der Waals surface area (Å²) in [7, 11) is 3.88. The fourth-order valence-corrected chi connectivity index (χ4v) is 4.57. The average Bonchev–Trinajstić information content (AvgIpc) is 2.75. The van der Waals surface area contributed by atoms with Crippen LogP contribution in [0, 0.1) is 0 Å². The van der Waals surface area contributed by atoms with Gasteiger partial charge in [-0.15, -0.1) is 0 Å². The molecule has 1 saturated heterocycles. The Morgan fingerprint density at radius 3 is 2.07 bits per heavy atom. The van der Waals surface area contributed by atoms with E-state index in [1.807, 2.05) is 6.07 Å². The van der Waals surface area contributed by atoms with Gasteiger partial charge in [-0.2, -0.15) is 0 Å². The Morgan fingerprint density at radius 1 is 0.897 bits per heavy atom. The first-order valence-electron chi connectivity index (χ1n) is 10.9. The first-order valence-corrected chi connectivity index (χ1v) is 10.9. The molecule has 1 heterocycles. The predicted octanol–water partition coefficient (Wildman–Crippen LogP) is 4.84. The third-order valence-electron chi connectivity index (χ3n) is 6.43. The van der Waals surface area contributed by atoms with E-state index in [1.54, 1.807) is 7.11 Å². The van der Waals surface area contributed by atoms with E-state index in [-0.39, 0.29) is 0 Å². The highest BCUT2D eigenvalue weighted by Crippen LogP contribution is 2.39. The van der Waals surface area contributed by atoms with Gasteiger partial charge in [0, 0.05) is 38.3 Å². The second-order valence-corrected chi connectivity index (χ2v) is 8.27. The van der Waals surface area contributed by atoms with Crippen LogP contribution in [-0.2, 0) is 6.54 Å². The highest BCUT2D eigenvalue weighted by molar-refractivity contribution is 5.40. The lowest BCUT2D eigenvalue weighted by Crippen LogP contribution is -2.43. The van der Waals surface area contributed by atoms with Crippen LogP contribution < -0.4 is 4.74 Å². The van der Waals surface area contributed by atoms with Gasteiger partial charge in [-0.25, -0.2) is 0 Å². The van der Waals surface area contributed by atoms with Crippen molar-refractivity contribution in [3.05, 3.63) is 59.2 Å². The summed E-state index contributed by atoms with van der Waals surface area (Å²) in [5.74, 6) is 2.20. The third-order valence-corrected chi connectivity index (χ3v) is 6.43. The van der Waals surface area contributed by atoms with E-state index in [9.17, 15) is 5.11 Å². The zero-order chi connectivity index (χ0) is 20.8. The van der Waals surface area contributed by atoms with Crippen molar-refractivity contribution in [2.45, 2.75) is 45.1 Å². The van der Waals surface area contributed by atoms with E-state index in [2.05, 4.69) is 67.1 Å². The quantitative estimate of drug-likeness (QED) is 0.693. The van der Waals surface area contributed by atoms with Gasteiger partial charge in [-0.3, -0.25) is 4.90 Å². The smallest absolute Gasteiger partial charge is 0.120 e. The summed E-state index contributed by atoms with van der Waals surface area (Å²) in [6, 6.07) is 14.8. The second-order valence-electron chi connectivity index (χ2n) is 8.27. The van der Waals surface area contributed by atoms with Gasteiger partial charge in [-0.1, -0.05) is 38.1 Å². The number of methoxy groups -OCH3 is 1. The van der Waals surface area contributed by atoms with Gasteiger partial charge < -0.3 is 14.7 Å². The summed E-state index contributed by atoms with van der Waals surface area (Å²) < 4.78 is 5.33. The first kappa shape index (κ1) is 21.7. The number of aromatic hydroxyl groups is 1. The maximum atomic E-state index is 10.5. The SMILES string of the molecule is CCC(c1ccc(OC)cc1)C(CC)c1ccc(O)c(CN2CCN(C)CC2)c1. The molecule has 0 saturated carbocycles. The maximum Gasteiger partial charge on any atom is 0.120 e. The molecule has 1 fully saturated rings. The molecule has 0 radical (unpaired) electrons. The van der Waals surface area contributed by atoms with E-state index in [4.69, 9.17) is 4.74 Å². The number of likely N-dealkylation sites (N-methyl/N-ethyl adjacent to an activating group) is 1. The van der Waals surface area contributed by atoms with E-state index in [0.29, 0.717) is 17.6 Å². The highest BCUT2D eigenvalue weighted by Gasteiger charge is 2.23. The van der Waals surface area contributed by atoms with E-state index in [0.717, 1.165) is 56.9 Å². The maximum absolute atomic E-state index is 10.5. The van der Waals surface area contributed by atoms with Crippen LogP contribution in [0.25, 0.3) is 0 Å². The summed E-state index contributed by atoms with van der Waals surface area (Å²) in [4.78, 5) is 4.81. The number of rotatable bonds is 8. The summed E-state index contributed by atoms with van der Waals surface area (Å²) in [6.07, 6.45) is 2.16. The highest BCUT2D eigenvalue weighted by atomic mass is 16.5. The molecular formula is C25H36N2O2. The van der Waals surface area contributed by atoms with Crippen LogP contribution in [-0.4, -0.2) is 55.2 Å². The van der Waals surface area contributed by atoms with Crippen molar-refractivity contribution < 1.29 is 9.84 Å². The average molecular weight is 397 g/mol. The number of hydrogen-bond acceptors (Lipinski definition) is 4. The molecule has 0 bridgehead atoms.